The molecular formula is C15H28N2O2. The van der Waals surface area contributed by atoms with Crippen molar-refractivity contribution in [1.82, 2.24) is 10.2 Å². The molecule has 1 aliphatic carbocycles. The minimum Gasteiger partial charge on any atom is -0.393 e. The van der Waals surface area contributed by atoms with Crippen LogP contribution in [0.1, 0.15) is 58.3 Å². The number of hydrogen-bond donors (Lipinski definition) is 2. The number of aliphatic hydroxyl groups excluding tert-OH is 1. The molecule has 1 saturated heterocycles. The van der Waals surface area contributed by atoms with E-state index in [0.717, 1.165) is 45.2 Å². The highest BCUT2D eigenvalue weighted by atomic mass is 16.3. The molecule has 110 valence electrons. The van der Waals surface area contributed by atoms with Gasteiger partial charge in [-0.25, -0.2) is 4.79 Å². The van der Waals surface area contributed by atoms with E-state index in [1.807, 2.05) is 4.90 Å². The molecule has 19 heavy (non-hydrogen) atoms. The van der Waals surface area contributed by atoms with Crippen LogP contribution in [-0.2, 0) is 0 Å². The van der Waals surface area contributed by atoms with Crippen LogP contribution in [0.5, 0.6) is 0 Å². The van der Waals surface area contributed by atoms with Gasteiger partial charge in [0.25, 0.3) is 0 Å². The van der Waals surface area contributed by atoms with E-state index in [1.54, 1.807) is 0 Å². The fourth-order valence-corrected chi connectivity index (χ4v) is 3.38. The third-order valence-corrected chi connectivity index (χ3v) is 4.53. The van der Waals surface area contributed by atoms with Gasteiger partial charge in [0, 0.05) is 19.1 Å². The SMILES string of the molecule is CCCC1CCCN(C(=O)NC2CCC(O)CC2)C1. The highest BCUT2D eigenvalue weighted by Gasteiger charge is 2.26. The molecule has 1 unspecified atom stereocenters. The average Bonchev–Trinajstić information content (AvgIpc) is 2.42. The summed E-state index contributed by atoms with van der Waals surface area (Å²) >= 11 is 0. The molecule has 0 bridgehead atoms. The zero-order valence-corrected chi connectivity index (χ0v) is 12.1. The Bertz CT molecular complexity index is 286. The van der Waals surface area contributed by atoms with Crippen molar-refractivity contribution >= 4 is 6.03 Å². The molecular weight excluding hydrogens is 240 g/mol. The van der Waals surface area contributed by atoms with Crippen molar-refractivity contribution < 1.29 is 9.90 Å². The van der Waals surface area contributed by atoms with E-state index < -0.39 is 0 Å². The molecule has 2 N–H and O–H groups in total. The molecule has 1 aliphatic heterocycles. The number of hydrogen-bond acceptors (Lipinski definition) is 2. The Morgan fingerprint density at radius 3 is 2.68 bits per heavy atom. The second-order valence-corrected chi connectivity index (χ2v) is 6.20. The van der Waals surface area contributed by atoms with Gasteiger partial charge in [-0.1, -0.05) is 13.3 Å². The topological polar surface area (TPSA) is 52.6 Å². The summed E-state index contributed by atoms with van der Waals surface area (Å²) in [4.78, 5) is 14.2. The Morgan fingerprint density at radius 1 is 1.26 bits per heavy atom. The largest absolute Gasteiger partial charge is 0.393 e. The molecule has 1 heterocycles. The summed E-state index contributed by atoms with van der Waals surface area (Å²) in [6.45, 7) is 4.04. The van der Waals surface area contributed by atoms with Crippen molar-refractivity contribution in [2.45, 2.75) is 70.4 Å². The summed E-state index contributed by atoms with van der Waals surface area (Å²) in [7, 11) is 0. The molecule has 2 amide bonds. The Kier molecular flexibility index (Phi) is 5.49. The molecule has 1 atom stereocenters. The van der Waals surface area contributed by atoms with Crippen LogP contribution >= 0.6 is 0 Å². The van der Waals surface area contributed by atoms with Gasteiger partial charge in [0.1, 0.15) is 0 Å². The number of piperidine rings is 1. The normalized spacial score (nSPS) is 32.1. The second-order valence-electron chi connectivity index (χ2n) is 6.20. The van der Waals surface area contributed by atoms with Crippen molar-refractivity contribution in [1.29, 1.82) is 0 Å². The number of urea groups is 1. The van der Waals surface area contributed by atoms with E-state index in [9.17, 15) is 9.90 Å². The Morgan fingerprint density at radius 2 is 2.00 bits per heavy atom. The van der Waals surface area contributed by atoms with Crippen molar-refractivity contribution in [3.05, 3.63) is 0 Å². The Balaban J connectivity index is 1.76. The highest BCUT2D eigenvalue weighted by Crippen LogP contribution is 2.22. The maximum Gasteiger partial charge on any atom is 0.317 e. The minimum absolute atomic E-state index is 0.113. The van der Waals surface area contributed by atoms with Crippen molar-refractivity contribution in [2.75, 3.05) is 13.1 Å². The lowest BCUT2D eigenvalue weighted by atomic mass is 9.92. The standard InChI is InChI=1S/C15H28N2O2/c1-2-4-12-5-3-10-17(11-12)15(19)16-13-6-8-14(18)9-7-13/h12-14,18H,2-11H2,1H3,(H,16,19). The average molecular weight is 268 g/mol. The van der Waals surface area contributed by atoms with E-state index >= 15 is 0 Å². The van der Waals surface area contributed by atoms with Crippen LogP contribution in [0.15, 0.2) is 0 Å². The lowest BCUT2D eigenvalue weighted by Crippen LogP contribution is -2.49. The lowest BCUT2D eigenvalue weighted by Gasteiger charge is -2.35. The van der Waals surface area contributed by atoms with Crippen LogP contribution in [0.3, 0.4) is 0 Å². The first kappa shape index (κ1) is 14.6. The van der Waals surface area contributed by atoms with Gasteiger partial charge in [0.2, 0.25) is 0 Å². The van der Waals surface area contributed by atoms with Gasteiger partial charge in [-0.2, -0.15) is 0 Å². The van der Waals surface area contributed by atoms with Crippen LogP contribution in [0.25, 0.3) is 0 Å². The quantitative estimate of drug-likeness (QED) is 0.826. The van der Waals surface area contributed by atoms with Gasteiger partial charge in [0.15, 0.2) is 0 Å². The molecule has 0 radical (unpaired) electrons. The van der Waals surface area contributed by atoms with Crippen molar-refractivity contribution in [2.24, 2.45) is 5.92 Å². The molecule has 2 fully saturated rings. The first-order chi connectivity index (χ1) is 9.19. The fraction of sp³-hybridized carbons (Fsp3) is 0.933. The first-order valence-corrected chi connectivity index (χ1v) is 7.92. The summed E-state index contributed by atoms with van der Waals surface area (Å²) in [5.41, 5.74) is 0. The molecule has 2 rings (SSSR count). The molecule has 4 heteroatoms. The zero-order chi connectivity index (χ0) is 13.7. The molecule has 4 nitrogen and oxygen atoms in total. The number of carbonyl (C=O) groups excluding carboxylic acids is 1. The predicted molar refractivity (Wildman–Crippen MR) is 76.0 cm³/mol. The smallest absolute Gasteiger partial charge is 0.317 e. The predicted octanol–water partition coefficient (Wildman–Crippen LogP) is 2.51. The zero-order valence-electron chi connectivity index (χ0n) is 12.1. The molecule has 0 aromatic heterocycles. The Labute approximate surface area is 116 Å². The third-order valence-electron chi connectivity index (χ3n) is 4.53. The molecule has 0 aromatic rings. The van der Waals surface area contributed by atoms with E-state index in [2.05, 4.69) is 12.2 Å². The number of nitrogens with zero attached hydrogens (tertiary/aromatic N) is 1. The van der Waals surface area contributed by atoms with Crippen LogP contribution < -0.4 is 5.32 Å². The fourth-order valence-electron chi connectivity index (χ4n) is 3.38. The van der Waals surface area contributed by atoms with Gasteiger partial charge >= 0.3 is 6.03 Å². The molecule has 0 spiro atoms. The number of likely N-dealkylation sites (tertiary alicyclic amines) is 1. The number of aliphatic hydroxyl groups is 1. The van der Waals surface area contributed by atoms with Crippen LogP contribution in [0, 0.1) is 5.92 Å². The molecule has 0 aromatic carbocycles. The summed E-state index contributed by atoms with van der Waals surface area (Å²) in [5, 5.41) is 12.6. The van der Waals surface area contributed by atoms with E-state index in [4.69, 9.17) is 0 Å². The minimum atomic E-state index is -0.155. The summed E-state index contributed by atoms with van der Waals surface area (Å²) in [6, 6.07) is 0.379. The van der Waals surface area contributed by atoms with Gasteiger partial charge in [-0.05, 0) is 50.9 Å². The van der Waals surface area contributed by atoms with Gasteiger partial charge in [-0.15, -0.1) is 0 Å². The summed E-state index contributed by atoms with van der Waals surface area (Å²) in [6.07, 6.45) is 8.18. The summed E-state index contributed by atoms with van der Waals surface area (Å²) < 4.78 is 0. The van der Waals surface area contributed by atoms with Crippen LogP contribution in [0.4, 0.5) is 4.79 Å². The molecule has 2 aliphatic rings. The Hall–Kier alpha value is -0.770. The monoisotopic (exact) mass is 268 g/mol. The maximum atomic E-state index is 12.2. The highest BCUT2D eigenvalue weighted by molar-refractivity contribution is 5.74. The van der Waals surface area contributed by atoms with E-state index in [0.29, 0.717) is 5.92 Å². The first-order valence-electron chi connectivity index (χ1n) is 7.92. The van der Waals surface area contributed by atoms with Gasteiger partial charge in [-0.3, -0.25) is 0 Å². The van der Waals surface area contributed by atoms with Crippen LogP contribution in [0.2, 0.25) is 0 Å². The van der Waals surface area contributed by atoms with Crippen molar-refractivity contribution in [3.63, 3.8) is 0 Å². The third kappa shape index (κ3) is 4.37. The number of rotatable bonds is 3. The van der Waals surface area contributed by atoms with E-state index in [1.165, 1.54) is 19.3 Å². The van der Waals surface area contributed by atoms with Crippen LogP contribution in [-0.4, -0.2) is 41.3 Å². The molecule has 1 saturated carbocycles. The number of nitrogens with one attached hydrogen (secondary N) is 1. The van der Waals surface area contributed by atoms with Gasteiger partial charge in [0.05, 0.1) is 6.10 Å². The second kappa shape index (κ2) is 7.13. The van der Waals surface area contributed by atoms with E-state index in [-0.39, 0.29) is 18.2 Å². The number of amides is 2. The summed E-state index contributed by atoms with van der Waals surface area (Å²) in [5.74, 6) is 0.692. The van der Waals surface area contributed by atoms with Crippen molar-refractivity contribution in [3.8, 4) is 0 Å². The maximum absolute atomic E-state index is 12.2. The van der Waals surface area contributed by atoms with Gasteiger partial charge < -0.3 is 15.3 Å². The number of carbonyl (C=O) groups is 1. The lowest BCUT2D eigenvalue weighted by molar-refractivity contribution is 0.112.